The Labute approximate surface area is 86.8 Å². The summed E-state index contributed by atoms with van der Waals surface area (Å²) in [5.41, 5.74) is 1.32. The lowest BCUT2D eigenvalue weighted by atomic mass is 10.1. The van der Waals surface area contributed by atoms with Crippen LogP contribution in [0.5, 0.6) is 0 Å². The van der Waals surface area contributed by atoms with Crippen molar-refractivity contribution in [3.8, 4) is 0 Å². The number of rotatable bonds is 1. The molecule has 1 heterocycles. The quantitative estimate of drug-likeness (QED) is 0.765. The minimum absolute atomic E-state index is 0.424. The van der Waals surface area contributed by atoms with E-state index in [9.17, 15) is 0 Å². The zero-order valence-corrected chi connectivity index (χ0v) is 9.00. The van der Waals surface area contributed by atoms with E-state index in [2.05, 4.69) is 40.2 Å². The Bertz CT molecular complexity index is 283. The fourth-order valence-electron chi connectivity index (χ4n) is 1.83. The molecule has 1 atom stereocenters. The third kappa shape index (κ3) is 1.93. The highest BCUT2D eigenvalue weighted by molar-refractivity contribution is 9.10. The van der Waals surface area contributed by atoms with E-state index in [1.54, 1.807) is 0 Å². The lowest BCUT2D eigenvalue weighted by Crippen LogP contribution is -2.30. The topological polar surface area (TPSA) is 29.3 Å². The van der Waals surface area contributed by atoms with Crippen LogP contribution >= 0.6 is 15.9 Å². The van der Waals surface area contributed by atoms with E-state index < -0.39 is 0 Å². The minimum atomic E-state index is 0.424. The van der Waals surface area contributed by atoms with Crippen molar-refractivity contribution in [3.05, 3.63) is 34.3 Å². The molecule has 1 saturated heterocycles. The van der Waals surface area contributed by atoms with Crippen molar-refractivity contribution in [2.75, 3.05) is 6.54 Å². The molecular formula is C10H13BrN2. The molecule has 70 valence electrons. The van der Waals surface area contributed by atoms with E-state index in [-0.39, 0.29) is 0 Å². The number of nitrogens with zero attached hydrogens (tertiary/aromatic N) is 1. The zero-order valence-electron chi connectivity index (χ0n) is 7.41. The Morgan fingerprint density at radius 3 is 2.54 bits per heavy atom. The summed E-state index contributed by atoms with van der Waals surface area (Å²) in [6, 6.07) is 8.84. The summed E-state index contributed by atoms with van der Waals surface area (Å²) >= 11 is 3.42. The van der Waals surface area contributed by atoms with Crippen molar-refractivity contribution < 1.29 is 0 Å². The predicted octanol–water partition coefficient (Wildman–Crippen LogP) is 2.46. The molecule has 2 N–H and O–H groups in total. The second kappa shape index (κ2) is 3.78. The normalized spacial score (nSPS) is 23.7. The number of benzene rings is 1. The van der Waals surface area contributed by atoms with Crippen LogP contribution in [0.1, 0.15) is 24.4 Å². The van der Waals surface area contributed by atoms with Gasteiger partial charge in [-0.15, -0.1) is 0 Å². The van der Waals surface area contributed by atoms with Crippen molar-refractivity contribution >= 4 is 15.9 Å². The average Bonchev–Trinajstić information content (AvgIpc) is 2.53. The molecule has 1 unspecified atom stereocenters. The van der Waals surface area contributed by atoms with Crippen molar-refractivity contribution in [2.24, 2.45) is 5.84 Å². The monoisotopic (exact) mass is 240 g/mol. The highest BCUT2D eigenvalue weighted by atomic mass is 79.9. The van der Waals surface area contributed by atoms with Crippen molar-refractivity contribution in [2.45, 2.75) is 18.9 Å². The summed E-state index contributed by atoms with van der Waals surface area (Å²) in [5, 5.41) is 1.93. The zero-order chi connectivity index (χ0) is 9.26. The molecule has 1 aromatic carbocycles. The second-order valence-corrected chi connectivity index (χ2v) is 4.36. The molecular weight excluding hydrogens is 228 g/mol. The first kappa shape index (κ1) is 9.19. The minimum Gasteiger partial charge on any atom is -0.268 e. The van der Waals surface area contributed by atoms with Crippen LogP contribution in [0.15, 0.2) is 28.7 Å². The molecule has 0 aliphatic carbocycles. The van der Waals surface area contributed by atoms with E-state index in [1.165, 1.54) is 18.4 Å². The average molecular weight is 241 g/mol. The SMILES string of the molecule is NN1CCCC1c1ccc(Br)cc1. The lowest BCUT2D eigenvalue weighted by molar-refractivity contribution is 0.266. The molecule has 0 amide bonds. The summed E-state index contributed by atoms with van der Waals surface area (Å²) in [6.45, 7) is 1.01. The Morgan fingerprint density at radius 1 is 1.31 bits per heavy atom. The van der Waals surface area contributed by atoms with Gasteiger partial charge in [0.05, 0.1) is 0 Å². The Morgan fingerprint density at radius 2 is 2.00 bits per heavy atom. The first-order valence-corrected chi connectivity index (χ1v) is 5.33. The van der Waals surface area contributed by atoms with Crippen LogP contribution in [0.3, 0.4) is 0 Å². The highest BCUT2D eigenvalue weighted by Crippen LogP contribution is 2.29. The van der Waals surface area contributed by atoms with Gasteiger partial charge in [-0.1, -0.05) is 28.1 Å². The van der Waals surface area contributed by atoms with Gasteiger partial charge in [-0.2, -0.15) is 0 Å². The number of halogens is 1. The molecule has 0 saturated carbocycles. The summed E-state index contributed by atoms with van der Waals surface area (Å²) in [7, 11) is 0. The van der Waals surface area contributed by atoms with Crippen LogP contribution in [-0.4, -0.2) is 11.6 Å². The Kier molecular flexibility index (Phi) is 2.67. The third-order valence-corrected chi connectivity index (χ3v) is 3.08. The van der Waals surface area contributed by atoms with E-state index in [4.69, 9.17) is 5.84 Å². The first-order chi connectivity index (χ1) is 6.27. The van der Waals surface area contributed by atoms with Crippen LogP contribution < -0.4 is 5.84 Å². The fourth-order valence-corrected chi connectivity index (χ4v) is 2.10. The lowest BCUT2D eigenvalue weighted by Gasteiger charge is -2.19. The number of hydrogen-bond donors (Lipinski definition) is 1. The van der Waals surface area contributed by atoms with Gasteiger partial charge >= 0.3 is 0 Å². The van der Waals surface area contributed by atoms with E-state index in [1.807, 2.05) is 5.01 Å². The van der Waals surface area contributed by atoms with Crippen LogP contribution in [0.2, 0.25) is 0 Å². The predicted molar refractivity (Wildman–Crippen MR) is 57.0 cm³/mol. The van der Waals surface area contributed by atoms with Crippen molar-refractivity contribution in [1.82, 2.24) is 5.01 Å². The molecule has 0 bridgehead atoms. The van der Waals surface area contributed by atoms with Gasteiger partial charge in [0.1, 0.15) is 0 Å². The number of nitrogens with two attached hydrogens (primary N) is 1. The van der Waals surface area contributed by atoms with E-state index in [0.29, 0.717) is 6.04 Å². The van der Waals surface area contributed by atoms with Gasteiger partial charge in [0.25, 0.3) is 0 Å². The van der Waals surface area contributed by atoms with Gasteiger partial charge in [0.2, 0.25) is 0 Å². The molecule has 1 aliphatic heterocycles. The van der Waals surface area contributed by atoms with Crippen LogP contribution in [-0.2, 0) is 0 Å². The van der Waals surface area contributed by atoms with Gasteiger partial charge in [0.15, 0.2) is 0 Å². The van der Waals surface area contributed by atoms with Crippen LogP contribution in [0.4, 0.5) is 0 Å². The largest absolute Gasteiger partial charge is 0.268 e. The van der Waals surface area contributed by atoms with Crippen molar-refractivity contribution in [3.63, 3.8) is 0 Å². The highest BCUT2D eigenvalue weighted by Gasteiger charge is 2.22. The van der Waals surface area contributed by atoms with Crippen LogP contribution in [0, 0.1) is 0 Å². The van der Waals surface area contributed by atoms with Gasteiger partial charge in [-0.3, -0.25) is 5.84 Å². The molecule has 2 nitrogen and oxygen atoms in total. The molecule has 2 rings (SSSR count). The first-order valence-electron chi connectivity index (χ1n) is 4.54. The molecule has 0 spiro atoms. The van der Waals surface area contributed by atoms with Gasteiger partial charge in [0, 0.05) is 17.1 Å². The summed E-state index contributed by atoms with van der Waals surface area (Å²) in [5.74, 6) is 5.87. The molecule has 1 aromatic rings. The maximum atomic E-state index is 5.87. The molecule has 13 heavy (non-hydrogen) atoms. The molecule has 1 aliphatic rings. The molecule has 0 aromatic heterocycles. The standard InChI is InChI=1S/C10H13BrN2/c11-9-5-3-8(4-6-9)10-2-1-7-13(10)12/h3-6,10H,1-2,7,12H2. The third-order valence-electron chi connectivity index (χ3n) is 2.55. The Hall–Kier alpha value is -0.380. The van der Waals surface area contributed by atoms with Crippen molar-refractivity contribution in [1.29, 1.82) is 0 Å². The van der Waals surface area contributed by atoms with Gasteiger partial charge in [-0.05, 0) is 30.5 Å². The van der Waals surface area contributed by atoms with Crippen LogP contribution in [0.25, 0.3) is 0 Å². The number of hydrazine groups is 1. The second-order valence-electron chi connectivity index (χ2n) is 3.45. The molecule has 1 fully saturated rings. The molecule has 0 radical (unpaired) electrons. The van der Waals surface area contributed by atoms with Gasteiger partial charge < -0.3 is 0 Å². The number of hydrogen-bond acceptors (Lipinski definition) is 2. The summed E-state index contributed by atoms with van der Waals surface area (Å²) < 4.78 is 1.12. The summed E-state index contributed by atoms with van der Waals surface area (Å²) in [4.78, 5) is 0. The Balaban J connectivity index is 2.20. The maximum absolute atomic E-state index is 5.87. The molecule has 3 heteroatoms. The fraction of sp³-hybridized carbons (Fsp3) is 0.400. The van der Waals surface area contributed by atoms with E-state index in [0.717, 1.165) is 11.0 Å². The summed E-state index contributed by atoms with van der Waals surface area (Å²) in [6.07, 6.45) is 2.38. The maximum Gasteiger partial charge on any atom is 0.0491 e. The van der Waals surface area contributed by atoms with E-state index >= 15 is 0 Å². The smallest absolute Gasteiger partial charge is 0.0491 e. The van der Waals surface area contributed by atoms with Gasteiger partial charge in [-0.25, -0.2) is 5.01 Å².